The zero-order chi connectivity index (χ0) is 13.7. The van der Waals surface area contributed by atoms with Gasteiger partial charge in [0.15, 0.2) is 0 Å². The number of amides is 1. The van der Waals surface area contributed by atoms with Crippen LogP contribution in [0.3, 0.4) is 0 Å². The van der Waals surface area contributed by atoms with Gasteiger partial charge in [-0.15, -0.1) is 0 Å². The fourth-order valence-electron chi connectivity index (χ4n) is 2.74. The van der Waals surface area contributed by atoms with Crippen LogP contribution in [0.5, 0.6) is 0 Å². The van der Waals surface area contributed by atoms with Crippen molar-refractivity contribution in [2.24, 2.45) is 5.73 Å². The Hall–Kier alpha value is -1.00. The molecule has 3 nitrogen and oxygen atoms in total. The summed E-state index contributed by atoms with van der Waals surface area (Å²) in [6, 6.07) is 7.54. The van der Waals surface area contributed by atoms with Gasteiger partial charge in [0.1, 0.15) is 0 Å². The van der Waals surface area contributed by atoms with Gasteiger partial charge in [0.2, 0.25) is 5.91 Å². The monoisotopic (exact) mass is 278 g/mol. The zero-order valence-corrected chi connectivity index (χ0v) is 12.3. The molecule has 1 aromatic rings. The fraction of sp³-hybridized carbons (Fsp3) is 0.533. The third-order valence-electron chi connectivity index (χ3n) is 3.94. The molecule has 2 rings (SSSR count). The average molecular weight is 278 g/mol. The molecule has 1 aromatic carbocycles. The third kappa shape index (κ3) is 3.74. The van der Waals surface area contributed by atoms with E-state index in [0.29, 0.717) is 10.3 Å². The van der Waals surface area contributed by atoms with Crippen LogP contribution in [-0.2, 0) is 6.54 Å². The highest BCUT2D eigenvalue weighted by Crippen LogP contribution is 2.39. The molecule has 0 heterocycles. The molecule has 1 amide bonds. The largest absolute Gasteiger partial charge is 0.366 e. The van der Waals surface area contributed by atoms with E-state index >= 15 is 0 Å². The number of carbonyl (C=O) groups is 1. The van der Waals surface area contributed by atoms with E-state index in [9.17, 15) is 4.79 Å². The molecule has 0 saturated heterocycles. The van der Waals surface area contributed by atoms with Crippen LogP contribution in [0.2, 0.25) is 0 Å². The molecule has 1 aliphatic rings. The van der Waals surface area contributed by atoms with Crippen LogP contribution in [0.1, 0.15) is 41.6 Å². The Kier molecular flexibility index (Phi) is 4.88. The fourth-order valence-corrected chi connectivity index (χ4v) is 3.68. The van der Waals surface area contributed by atoms with Crippen molar-refractivity contribution in [3.8, 4) is 0 Å². The minimum absolute atomic E-state index is 0.363. The topological polar surface area (TPSA) is 55.1 Å². The second kappa shape index (κ2) is 6.44. The summed E-state index contributed by atoms with van der Waals surface area (Å²) < 4.78 is 0.418. The molecule has 104 valence electrons. The first-order valence-electron chi connectivity index (χ1n) is 6.80. The molecule has 0 bridgehead atoms. The maximum Gasteiger partial charge on any atom is 0.248 e. The molecular weight excluding hydrogens is 256 g/mol. The number of hydrogen-bond acceptors (Lipinski definition) is 3. The number of carbonyl (C=O) groups excluding carboxylic acids is 1. The van der Waals surface area contributed by atoms with Crippen LogP contribution in [0, 0.1) is 0 Å². The summed E-state index contributed by atoms with van der Waals surface area (Å²) in [5, 5.41) is 3.53. The highest BCUT2D eigenvalue weighted by atomic mass is 32.2. The zero-order valence-electron chi connectivity index (χ0n) is 11.4. The molecule has 0 aromatic heterocycles. The van der Waals surface area contributed by atoms with Gasteiger partial charge in [-0.25, -0.2) is 0 Å². The van der Waals surface area contributed by atoms with Crippen LogP contribution >= 0.6 is 11.8 Å². The molecule has 0 unspecified atom stereocenters. The number of hydrogen-bond donors (Lipinski definition) is 2. The van der Waals surface area contributed by atoms with E-state index in [-0.39, 0.29) is 5.91 Å². The van der Waals surface area contributed by atoms with Crippen LogP contribution in [0.15, 0.2) is 24.3 Å². The Morgan fingerprint density at radius 1 is 1.42 bits per heavy atom. The normalized spacial score (nSPS) is 17.5. The Labute approximate surface area is 119 Å². The maximum absolute atomic E-state index is 11.1. The van der Waals surface area contributed by atoms with Crippen molar-refractivity contribution in [3.05, 3.63) is 35.4 Å². The second-order valence-corrected chi connectivity index (χ2v) is 6.54. The molecule has 1 aliphatic carbocycles. The summed E-state index contributed by atoms with van der Waals surface area (Å²) >= 11 is 1.99. The minimum atomic E-state index is -0.363. The smallest absolute Gasteiger partial charge is 0.248 e. The number of thioether (sulfide) groups is 1. The van der Waals surface area contributed by atoms with Gasteiger partial charge in [0, 0.05) is 23.4 Å². The Morgan fingerprint density at radius 3 is 2.79 bits per heavy atom. The van der Waals surface area contributed by atoms with Gasteiger partial charge in [-0.3, -0.25) is 4.79 Å². The van der Waals surface area contributed by atoms with Crippen LogP contribution < -0.4 is 11.1 Å². The molecule has 19 heavy (non-hydrogen) atoms. The standard InChI is InChI=1S/C15H22N2OS/c1-19-15(7-2-3-8-15)11-17-10-12-5-4-6-13(9-12)14(16)18/h4-6,9,17H,2-3,7-8,10-11H2,1H3,(H2,16,18). The van der Waals surface area contributed by atoms with Crippen molar-refractivity contribution in [2.45, 2.75) is 37.0 Å². The van der Waals surface area contributed by atoms with Gasteiger partial charge in [-0.2, -0.15) is 11.8 Å². The highest BCUT2D eigenvalue weighted by Gasteiger charge is 2.32. The highest BCUT2D eigenvalue weighted by molar-refractivity contribution is 8.00. The van der Waals surface area contributed by atoms with Gasteiger partial charge < -0.3 is 11.1 Å². The number of rotatable bonds is 6. The number of primary amides is 1. The van der Waals surface area contributed by atoms with E-state index in [1.54, 1.807) is 6.07 Å². The van der Waals surface area contributed by atoms with Crippen molar-refractivity contribution in [1.29, 1.82) is 0 Å². The second-order valence-electron chi connectivity index (χ2n) is 5.26. The summed E-state index contributed by atoms with van der Waals surface area (Å²) in [6.07, 6.45) is 7.52. The lowest BCUT2D eigenvalue weighted by Gasteiger charge is -2.27. The molecule has 0 radical (unpaired) electrons. The summed E-state index contributed by atoms with van der Waals surface area (Å²) in [7, 11) is 0. The molecule has 0 atom stereocenters. The van der Waals surface area contributed by atoms with Gasteiger partial charge in [0.05, 0.1) is 0 Å². The van der Waals surface area contributed by atoms with E-state index in [1.165, 1.54) is 25.7 Å². The van der Waals surface area contributed by atoms with E-state index in [2.05, 4.69) is 11.6 Å². The number of benzene rings is 1. The summed E-state index contributed by atoms with van der Waals surface area (Å²) in [4.78, 5) is 11.1. The Balaban J connectivity index is 1.88. The van der Waals surface area contributed by atoms with Crippen molar-refractivity contribution >= 4 is 17.7 Å². The van der Waals surface area contributed by atoms with E-state index in [4.69, 9.17) is 5.73 Å². The Morgan fingerprint density at radius 2 is 2.16 bits per heavy atom. The van der Waals surface area contributed by atoms with Gasteiger partial charge in [-0.05, 0) is 36.8 Å². The van der Waals surface area contributed by atoms with Gasteiger partial charge in [0.25, 0.3) is 0 Å². The average Bonchev–Trinajstić information content (AvgIpc) is 2.88. The summed E-state index contributed by atoms with van der Waals surface area (Å²) in [6.45, 7) is 1.83. The Bertz CT molecular complexity index is 442. The van der Waals surface area contributed by atoms with E-state index in [1.807, 2.05) is 30.0 Å². The molecule has 0 aliphatic heterocycles. The lowest BCUT2D eigenvalue weighted by molar-refractivity contribution is 0.1000. The van der Waals surface area contributed by atoms with E-state index in [0.717, 1.165) is 18.7 Å². The lowest BCUT2D eigenvalue weighted by atomic mass is 10.1. The first-order chi connectivity index (χ1) is 9.15. The third-order valence-corrected chi connectivity index (χ3v) is 5.35. The maximum atomic E-state index is 11.1. The summed E-state index contributed by atoms with van der Waals surface area (Å²) in [5.74, 6) is -0.363. The predicted molar refractivity (Wildman–Crippen MR) is 81.4 cm³/mol. The van der Waals surface area contributed by atoms with Crippen LogP contribution in [-0.4, -0.2) is 23.5 Å². The first-order valence-corrected chi connectivity index (χ1v) is 8.02. The van der Waals surface area contributed by atoms with Crippen molar-refractivity contribution < 1.29 is 4.79 Å². The molecule has 4 heteroatoms. The summed E-state index contributed by atoms with van der Waals surface area (Å²) in [5.41, 5.74) is 6.99. The number of nitrogens with two attached hydrogens (primary N) is 1. The predicted octanol–water partition coefficient (Wildman–Crippen LogP) is 2.55. The molecule has 3 N–H and O–H groups in total. The number of nitrogens with one attached hydrogen (secondary N) is 1. The van der Waals surface area contributed by atoms with Crippen molar-refractivity contribution in [1.82, 2.24) is 5.32 Å². The van der Waals surface area contributed by atoms with Gasteiger partial charge >= 0.3 is 0 Å². The first kappa shape index (κ1) is 14.4. The lowest BCUT2D eigenvalue weighted by Crippen LogP contribution is -2.34. The molecule has 1 fully saturated rings. The van der Waals surface area contributed by atoms with Gasteiger partial charge in [-0.1, -0.05) is 25.0 Å². The van der Waals surface area contributed by atoms with Crippen LogP contribution in [0.4, 0.5) is 0 Å². The van der Waals surface area contributed by atoms with Crippen molar-refractivity contribution in [3.63, 3.8) is 0 Å². The molecular formula is C15H22N2OS. The van der Waals surface area contributed by atoms with Crippen LogP contribution in [0.25, 0.3) is 0 Å². The van der Waals surface area contributed by atoms with E-state index < -0.39 is 0 Å². The van der Waals surface area contributed by atoms with Crippen molar-refractivity contribution in [2.75, 3.05) is 12.8 Å². The SMILES string of the molecule is CSC1(CNCc2cccc(C(N)=O)c2)CCCC1. The quantitative estimate of drug-likeness (QED) is 0.841. The minimum Gasteiger partial charge on any atom is -0.366 e. The molecule has 1 saturated carbocycles. The molecule has 0 spiro atoms.